The van der Waals surface area contributed by atoms with Gasteiger partial charge in [-0.1, -0.05) is 29.8 Å². The Morgan fingerprint density at radius 1 is 1.10 bits per heavy atom. The van der Waals surface area contributed by atoms with Crippen molar-refractivity contribution in [2.45, 2.75) is 20.0 Å². The van der Waals surface area contributed by atoms with Gasteiger partial charge in [-0.25, -0.2) is 0 Å². The average Bonchev–Trinajstić information content (AvgIpc) is 2.81. The Kier molecular flexibility index (Phi) is 3.28. The van der Waals surface area contributed by atoms with Crippen molar-refractivity contribution in [3.63, 3.8) is 0 Å². The first kappa shape index (κ1) is 12.9. The molecule has 1 aliphatic rings. The van der Waals surface area contributed by atoms with Crippen molar-refractivity contribution < 1.29 is 4.79 Å². The quantitative estimate of drug-likeness (QED) is 0.905. The number of hydrogen-bond donors (Lipinski definition) is 1. The molecule has 0 bridgehead atoms. The highest BCUT2D eigenvalue weighted by Gasteiger charge is 2.19. The second-order valence-electron chi connectivity index (χ2n) is 5.44. The van der Waals surface area contributed by atoms with E-state index in [1.54, 1.807) is 0 Å². The molecule has 1 aliphatic heterocycles. The molecule has 1 N–H and O–H groups in total. The molecule has 0 atom stereocenters. The highest BCUT2D eigenvalue weighted by Crippen LogP contribution is 2.28. The number of aryl methyl sites for hydroxylation is 1. The van der Waals surface area contributed by atoms with Crippen molar-refractivity contribution in [2.24, 2.45) is 0 Å². The van der Waals surface area contributed by atoms with Crippen LogP contribution in [0.25, 0.3) is 0 Å². The molecule has 0 radical (unpaired) electrons. The predicted octanol–water partition coefficient (Wildman–Crippen LogP) is 3.19. The first-order valence-electron chi connectivity index (χ1n) is 6.81. The van der Waals surface area contributed by atoms with E-state index in [0.29, 0.717) is 5.56 Å². The Morgan fingerprint density at radius 2 is 1.85 bits per heavy atom. The molecule has 2 aromatic rings. The summed E-state index contributed by atoms with van der Waals surface area (Å²) in [7, 11) is 2.09. The monoisotopic (exact) mass is 266 g/mol. The summed E-state index contributed by atoms with van der Waals surface area (Å²) in [5.41, 5.74) is 5.31. The van der Waals surface area contributed by atoms with Crippen LogP contribution in [0.15, 0.2) is 42.5 Å². The lowest BCUT2D eigenvalue weighted by atomic mass is 10.1. The standard InChI is InChI=1S/C17H18N2O/c1-12-6-8-13(9-7-12)17(20)18-16-5-3-4-14-10-19(2)11-15(14)16/h3-9H,10-11H2,1-2H3,(H,18,20). The van der Waals surface area contributed by atoms with Gasteiger partial charge in [-0.15, -0.1) is 0 Å². The number of hydrogen-bond acceptors (Lipinski definition) is 2. The summed E-state index contributed by atoms with van der Waals surface area (Å²) >= 11 is 0. The van der Waals surface area contributed by atoms with E-state index in [2.05, 4.69) is 23.3 Å². The molecular weight excluding hydrogens is 248 g/mol. The molecule has 0 aromatic heterocycles. The Balaban J connectivity index is 1.84. The number of benzene rings is 2. The van der Waals surface area contributed by atoms with Crippen molar-refractivity contribution in [3.05, 3.63) is 64.7 Å². The largest absolute Gasteiger partial charge is 0.322 e. The SMILES string of the molecule is Cc1ccc(C(=O)Nc2cccc3c2CN(C)C3)cc1. The van der Waals surface area contributed by atoms with Crippen LogP contribution in [0.3, 0.4) is 0 Å². The molecule has 3 heteroatoms. The molecule has 0 spiro atoms. The summed E-state index contributed by atoms with van der Waals surface area (Å²) in [6.45, 7) is 3.85. The van der Waals surface area contributed by atoms with E-state index in [0.717, 1.165) is 24.3 Å². The minimum atomic E-state index is -0.0482. The van der Waals surface area contributed by atoms with Crippen molar-refractivity contribution in [1.29, 1.82) is 0 Å². The van der Waals surface area contributed by atoms with Gasteiger partial charge in [-0.3, -0.25) is 9.69 Å². The topological polar surface area (TPSA) is 32.3 Å². The molecule has 102 valence electrons. The molecule has 0 aliphatic carbocycles. The van der Waals surface area contributed by atoms with E-state index in [9.17, 15) is 4.79 Å². The normalized spacial score (nSPS) is 14.1. The van der Waals surface area contributed by atoms with E-state index in [1.807, 2.05) is 43.3 Å². The maximum absolute atomic E-state index is 12.3. The maximum Gasteiger partial charge on any atom is 0.255 e. The van der Waals surface area contributed by atoms with E-state index in [4.69, 9.17) is 0 Å². The lowest BCUT2D eigenvalue weighted by molar-refractivity contribution is 0.102. The number of carbonyl (C=O) groups excluding carboxylic acids is 1. The number of rotatable bonds is 2. The molecule has 3 nitrogen and oxygen atoms in total. The van der Waals surface area contributed by atoms with Crippen LogP contribution < -0.4 is 5.32 Å². The van der Waals surface area contributed by atoms with Crippen LogP contribution in [0.5, 0.6) is 0 Å². The van der Waals surface area contributed by atoms with E-state index >= 15 is 0 Å². The fourth-order valence-electron chi connectivity index (χ4n) is 2.60. The number of anilines is 1. The fraction of sp³-hybridized carbons (Fsp3) is 0.235. The first-order valence-corrected chi connectivity index (χ1v) is 6.81. The van der Waals surface area contributed by atoms with Crippen molar-refractivity contribution in [1.82, 2.24) is 4.90 Å². The van der Waals surface area contributed by atoms with Gasteiger partial charge in [0.2, 0.25) is 0 Å². The number of amides is 1. The number of carbonyl (C=O) groups is 1. The van der Waals surface area contributed by atoms with Gasteiger partial charge in [0, 0.05) is 24.3 Å². The summed E-state index contributed by atoms with van der Waals surface area (Å²) in [5.74, 6) is -0.0482. The zero-order valence-corrected chi connectivity index (χ0v) is 11.8. The van der Waals surface area contributed by atoms with Crippen LogP contribution in [0.4, 0.5) is 5.69 Å². The van der Waals surface area contributed by atoms with Crippen LogP contribution in [-0.2, 0) is 13.1 Å². The van der Waals surface area contributed by atoms with Gasteiger partial charge in [0.05, 0.1) is 0 Å². The Hall–Kier alpha value is -2.13. The minimum Gasteiger partial charge on any atom is -0.322 e. The minimum absolute atomic E-state index is 0.0482. The average molecular weight is 266 g/mol. The molecule has 0 saturated carbocycles. The predicted molar refractivity (Wildman–Crippen MR) is 80.7 cm³/mol. The molecule has 0 saturated heterocycles. The zero-order valence-electron chi connectivity index (χ0n) is 11.8. The first-order chi connectivity index (χ1) is 9.63. The third-order valence-corrected chi connectivity index (χ3v) is 3.70. The molecule has 0 fully saturated rings. The van der Waals surface area contributed by atoms with Gasteiger partial charge in [0.15, 0.2) is 0 Å². The van der Waals surface area contributed by atoms with Crippen molar-refractivity contribution in [2.75, 3.05) is 12.4 Å². The molecule has 0 unspecified atom stereocenters. The third kappa shape index (κ3) is 2.45. The second-order valence-corrected chi connectivity index (χ2v) is 5.44. The number of fused-ring (bicyclic) bond motifs is 1. The third-order valence-electron chi connectivity index (χ3n) is 3.70. The molecule has 3 rings (SSSR count). The summed E-state index contributed by atoms with van der Waals surface area (Å²) < 4.78 is 0. The smallest absolute Gasteiger partial charge is 0.255 e. The summed E-state index contributed by atoms with van der Waals surface area (Å²) in [6.07, 6.45) is 0. The maximum atomic E-state index is 12.3. The Bertz CT molecular complexity index is 647. The van der Waals surface area contributed by atoms with Crippen LogP contribution in [0, 0.1) is 6.92 Å². The Labute approximate surface area is 119 Å². The van der Waals surface area contributed by atoms with E-state index in [1.165, 1.54) is 11.1 Å². The van der Waals surface area contributed by atoms with Crippen LogP contribution in [-0.4, -0.2) is 17.9 Å². The van der Waals surface area contributed by atoms with E-state index in [-0.39, 0.29) is 5.91 Å². The highest BCUT2D eigenvalue weighted by atomic mass is 16.1. The number of nitrogens with one attached hydrogen (secondary N) is 1. The zero-order chi connectivity index (χ0) is 14.1. The lowest BCUT2D eigenvalue weighted by Crippen LogP contribution is -2.14. The molecule has 1 amide bonds. The summed E-state index contributed by atoms with van der Waals surface area (Å²) in [4.78, 5) is 14.5. The van der Waals surface area contributed by atoms with Gasteiger partial charge in [0.25, 0.3) is 5.91 Å². The van der Waals surface area contributed by atoms with Gasteiger partial charge >= 0.3 is 0 Å². The fourth-order valence-corrected chi connectivity index (χ4v) is 2.60. The summed E-state index contributed by atoms with van der Waals surface area (Å²) in [6, 6.07) is 13.7. The number of nitrogens with zero attached hydrogens (tertiary/aromatic N) is 1. The van der Waals surface area contributed by atoms with Crippen LogP contribution in [0.2, 0.25) is 0 Å². The molecule has 20 heavy (non-hydrogen) atoms. The van der Waals surface area contributed by atoms with Gasteiger partial charge in [0.1, 0.15) is 0 Å². The van der Waals surface area contributed by atoms with Crippen molar-refractivity contribution in [3.8, 4) is 0 Å². The Morgan fingerprint density at radius 3 is 2.60 bits per heavy atom. The van der Waals surface area contributed by atoms with Gasteiger partial charge < -0.3 is 5.32 Å². The van der Waals surface area contributed by atoms with Gasteiger partial charge in [-0.05, 0) is 43.3 Å². The van der Waals surface area contributed by atoms with E-state index < -0.39 is 0 Å². The molecule has 2 aromatic carbocycles. The summed E-state index contributed by atoms with van der Waals surface area (Å²) in [5, 5.41) is 3.03. The molecular formula is C17H18N2O. The second kappa shape index (κ2) is 5.10. The molecule has 1 heterocycles. The lowest BCUT2D eigenvalue weighted by Gasteiger charge is -2.10. The van der Waals surface area contributed by atoms with Gasteiger partial charge in [-0.2, -0.15) is 0 Å². The van der Waals surface area contributed by atoms with Crippen molar-refractivity contribution >= 4 is 11.6 Å². The van der Waals surface area contributed by atoms with Crippen LogP contribution >= 0.6 is 0 Å². The van der Waals surface area contributed by atoms with Crippen LogP contribution in [0.1, 0.15) is 27.0 Å². The highest BCUT2D eigenvalue weighted by molar-refractivity contribution is 6.04.